The fourth-order valence-electron chi connectivity index (χ4n) is 1.44. The minimum Gasteiger partial charge on any atom is -0.397 e. The molecule has 0 atom stereocenters. The number of pyridine rings is 1. The van der Waals surface area contributed by atoms with Crippen molar-refractivity contribution >= 4 is 23.2 Å². The third-order valence-electron chi connectivity index (χ3n) is 2.55. The van der Waals surface area contributed by atoms with E-state index < -0.39 is 0 Å². The van der Waals surface area contributed by atoms with Crippen LogP contribution in [-0.4, -0.2) is 16.9 Å². The second kappa shape index (κ2) is 4.06. The number of nitrogen functional groups attached to an aromatic ring is 1. The molecule has 0 radical (unpaired) electrons. The van der Waals surface area contributed by atoms with Crippen molar-refractivity contribution in [1.82, 2.24) is 10.3 Å². The second-order valence-corrected chi connectivity index (χ2v) is 4.07. The molecule has 1 aliphatic carbocycles. The summed E-state index contributed by atoms with van der Waals surface area (Å²) in [6.07, 6.45) is 4.69. The lowest BCUT2D eigenvalue weighted by atomic mass is 9.93. The number of anilines is 1. The van der Waals surface area contributed by atoms with E-state index in [2.05, 4.69) is 10.3 Å². The van der Waals surface area contributed by atoms with Crippen LogP contribution in [0, 0.1) is 0 Å². The predicted octanol–water partition coefficient (Wildman–Crippen LogP) is 1.60. The van der Waals surface area contributed by atoms with Crippen LogP contribution in [0.5, 0.6) is 0 Å². The van der Waals surface area contributed by atoms with Crippen molar-refractivity contribution < 1.29 is 4.79 Å². The van der Waals surface area contributed by atoms with Gasteiger partial charge in [-0.3, -0.25) is 4.79 Å². The van der Waals surface area contributed by atoms with Crippen molar-refractivity contribution in [2.75, 3.05) is 5.73 Å². The quantitative estimate of drug-likeness (QED) is 0.752. The highest BCUT2D eigenvalue weighted by Crippen LogP contribution is 2.20. The molecule has 1 saturated carbocycles. The molecule has 0 aromatic carbocycles. The maximum Gasteiger partial charge on any atom is 0.254 e. The van der Waals surface area contributed by atoms with Crippen LogP contribution in [0.3, 0.4) is 0 Å². The number of halogens is 1. The van der Waals surface area contributed by atoms with Gasteiger partial charge in [-0.05, 0) is 25.3 Å². The molecular formula is C10H12ClN3O. The molecule has 4 nitrogen and oxygen atoms in total. The topological polar surface area (TPSA) is 68.0 Å². The Morgan fingerprint density at radius 2 is 2.33 bits per heavy atom. The molecule has 0 aliphatic heterocycles. The Balaban J connectivity index is 2.12. The zero-order valence-electron chi connectivity index (χ0n) is 8.16. The highest BCUT2D eigenvalue weighted by atomic mass is 35.5. The standard InChI is InChI=1S/C10H12ClN3O/c11-9-8(4-6(12)5-13-9)10(15)14-7-2-1-3-7/h4-5,7H,1-3,12H2,(H,14,15). The summed E-state index contributed by atoms with van der Waals surface area (Å²) in [5, 5.41) is 3.08. The molecule has 1 aliphatic rings. The summed E-state index contributed by atoms with van der Waals surface area (Å²) >= 11 is 5.81. The zero-order chi connectivity index (χ0) is 10.8. The summed E-state index contributed by atoms with van der Waals surface area (Å²) in [6.45, 7) is 0. The summed E-state index contributed by atoms with van der Waals surface area (Å²) in [7, 11) is 0. The fourth-order valence-corrected chi connectivity index (χ4v) is 1.63. The van der Waals surface area contributed by atoms with Crippen LogP contribution in [0.15, 0.2) is 12.3 Å². The summed E-state index contributed by atoms with van der Waals surface area (Å²) in [5.74, 6) is -0.190. The second-order valence-electron chi connectivity index (χ2n) is 3.71. The van der Waals surface area contributed by atoms with Gasteiger partial charge in [0.05, 0.1) is 17.4 Å². The van der Waals surface area contributed by atoms with Gasteiger partial charge in [-0.1, -0.05) is 11.6 Å². The number of hydrogen-bond acceptors (Lipinski definition) is 3. The Hall–Kier alpha value is -1.29. The van der Waals surface area contributed by atoms with Gasteiger partial charge >= 0.3 is 0 Å². The lowest BCUT2D eigenvalue weighted by Gasteiger charge is -2.26. The molecule has 0 spiro atoms. The summed E-state index contributed by atoms with van der Waals surface area (Å²) < 4.78 is 0. The lowest BCUT2D eigenvalue weighted by molar-refractivity contribution is 0.0917. The Morgan fingerprint density at radius 1 is 1.60 bits per heavy atom. The average molecular weight is 226 g/mol. The van der Waals surface area contributed by atoms with Crippen LogP contribution >= 0.6 is 11.6 Å². The number of rotatable bonds is 2. The first-order valence-electron chi connectivity index (χ1n) is 4.88. The van der Waals surface area contributed by atoms with Crippen molar-refractivity contribution in [2.45, 2.75) is 25.3 Å². The van der Waals surface area contributed by atoms with Gasteiger partial charge < -0.3 is 11.1 Å². The molecule has 1 aromatic heterocycles. The summed E-state index contributed by atoms with van der Waals surface area (Å²) in [6, 6.07) is 1.83. The van der Waals surface area contributed by atoms with Crippen LogP contribution in [0.4, 0.5) is 5.69 Å². The molecule has 1 amide bonds. The van der Waals surface area contributed by atoms with Crippen LogP contribution in [0.2, 0.25) is 5.15 Å². The number of hydrogen-bond donors (Lipinski definition) is 2. The van der Waals surface area contributed by atoms with E-state index in [0.717, 1.165) is 12.8 Å². The van der Waals surface area contributed by atoms with Crippen molar-refractivity contribution in [1.29, 1.82) is 0 Å². The van der Waals surface area contributed by atoms with Crippen molar-refractivity contribution in [3.63, 3.8) is 0 Å². The Kier molecular flexibility index (Phi) is 2.77. The molecule has 0 bridgehead atoms. The largest absolute Gasteiger partial charge is 0.397 e. The maximum atomic E-state index is 11.7. The van der Waals surface area contributed by atoms with Crippen LogP contribution in [0.1, 0.15) is 29.6 Å². The Labute approximate surface area is 92.8 Å². The average Bonchev–Trinajstić information content (AvgIpc) is 2.15. The van der Waals surface area contributed by atoms with Gasteiger partial charge in [-0.15, -0.1) is 0 Å². The molecule has 2 rings (SSSR count). The van der Waals surface area contributed by atoms with Crippen LogP contribution < -0.4 is 11.1 Å². The number of amides is 1. The maximum absolute atomic E-state index is 11.7. The number of aromatic nitrogens is 1. The molecule has 5 heteroatoms. The molecule has 15 heavy (non-hydrogen) atoms. The van der Waals surface area contributed by atoms with E-state index in [9.17, 15) is 4.79 Å². The summed E-state index contributed by atoms with van der Waals surface area (Å²) in [4.78, 5) is 15.6. The van der Waals surface area contributed by atoms with E-state index in [1.807, 2.05) is 0 Å². The van der Waals surface area contributed by atoms with E-state index in [-0.39, 0.29) is 17.1 Å². The van der Waals surface area contributed by atoms with Gasteiger partial charge in [-0.2, -0.15) is 0 Å². The zero-order valence-corrected chi connectivity index (χ0v) is 8.92. The van der Waals surface area contributed by atoms with E-state index in [0.29, 0.717) is 11.3 Å². The third-order valence-corrected chi connectivity index (χ3v) is 2.85. The predicted molar refractivity (Wildman–Crippen MR) is 58.8 cm³/mol. The first-order chi connectivity index (χ1) is 7.16. The molecular weight excluding hydrogens is 214 g/mol. The van der Waals surface area contributed by atoms with Crippen molar-refractivity contribution in [3.05, 3.63) is 23.0 Å². The number of nitrogens with two attached hydrogens (primary N) is 1. The number of nitrogens with zero attached hydrogens (tertiary/aromatic N) is 1. The number of nitrogens with one attached hydrogen (secondary N) is 1. The molecule has 0 unspecified atom stereocenters. The molecule has 0 saturated heterocycles. The number of carbonyl (C=O) groups is 1. The van der Waals surface area contributed by atoms with Crippen molar-refractivity contribution in [3.8, 4) is 0 Å². The van der Waals surface area contributed by atoms with E-state index >= 15 is 0 Å². The highest BCUT2D eigenvalue weighted by molar-refractivity contribution is 6.32. The summed E-state index contributed by atoms with van der Waals surface area (Å²) in [5.41, 5.74) is 6.33. The Morgan fingerprint density at radius 3 is 2.93 bits per heavy atom. The van der Waals surface area contributed by atoms with Crippen molar-refractivity contribution in [2.24, 2.45) is 0 Å². The minimum absolute atomic E-state index is 0.190. The molecule has 80 valence electrons. The first kappa shape index (κ1) is 10.2. The SMILES string of the molecule is Nc1cnc(Cl)c(C(=O)NC2CCC2)c1. The monoisotopic (exact) mass is 225 g/mol. The molecule has 1 heterocycles. The van der Waals surface area contributed by atoms with Gasteiger partial charge in [0.25, 0.3) is 5.91 Å². The molecule has 1 fully saturated rings. The molecule has 3 N–H and O–H groups in total. The van der Waals surface area contributed by atoms with Gasteiger partial charge in [0.2, 0.25) is 0 Å². The fraction of sp³-hybridized carbons (Fsp3) is 0.400. The van der Waals surface area contributed by atoms with Gasteiger partial charge in [0.1, 0.15) is 5.15 Å². The smallest absolute Gasteiger partial charge is 0.254 e. The molecule has 1 aromatic rings. The van der Waals surface area contributed by atoms with E-state index in [1.165, 1.54) is 12.6 Å². The van der Waals surface area contributed by atoms with Gasteiger partial charge in [-0.25, -0.2) is 4.98 Å². The van der Waals surface area contributed by atoms with Crippen LogP contribution in [0.25, 0.3) is 0 Å². The highest BCUT2D eigenvalue weighted by Gasteiger charge is 2.21. The minimum atomic E-state index is -0.190. The van der Waals surface area contributed by atoms with Gasteiger partial charge in [0.15, 0.2) is 0 Å². The normalized spacial score (nSPS) is 15.8. The van der Waals surface area contributed by atoms with E-state index in [4.69, 9.17) is 17.3 Å². The Bertz CT molecular complexity index is 390. The van der Waals surface area contributed by atoms with E-state index in [1.54, 1.807) is 6.07 Å². The van der Waals surface area contributed by atoms with Crippen LogP contribution in [-0.2, 0) is 0 Å². The lowest BCUT2D eigenvalue weighted by Crippen LogP contribution is -2.39. The third kappa shape index (κ3) is 2.21. The van der Waals surface area contributed by atoms with Gasteiger partial charge in [0, 0.05) is 6.04 Å². The number of carbonyl (C=O) groups excluding carboxylic acids is 1. The first-order valence-corrected chi connectivity index (χ1v) is 5.26.